The normalized spacial score (nSPS) is 10.4. The third-order valence-corrected chi connectivity index (χ3v) is 3.67. The summed E-state index contributed by atoms with van der Waals surface area (Å²) in [7, 11) is 1.56. The Morgan fingerprint density at radius 1 is 0.846 bits per heavy atom. The number of benzene rings is 3. The molecular weight excluding hydrogens is 340 g/mol. The van der Waals surface area contributed by atoms with E-state index in [2.05, 4.69) is 0 Å². The molecule has 2 N–H and O–H groups in total. The molecule has 0 atom stereocenters. The lowest BCUT2D eigenvalue weighted by atomic mass is 10.2. The van der Waals surface area contributed by atoms with Crippen LogP contribution in [0.2, 0.25) is 0 Å². The van der Waals surface area contributed by atoms with Gasteiger partial charge in [-0.3, -0.25) is 0 Å². The van der Waals surface area contributed by atoms with Crippen molar-refractivity contribution in [2.75, 3.05) is 12.8 Å². The highest BCUT2D eigenvalue weighted by atomic mass is 19.1. The van der Waals surface area contributed by atoms with Gasteiger partial charge in [-0.2, -0.15) is 0 Å². The molecule has 0 aliphatic heterocycles. The highest BCUT2D eigenvalue weighted by Crippen LogP contribution is 2.31. The van der Waals surface area contributed by atoms with Gasteiger partial charge in [-0.25, -0.2) is 8.78 Å². The number of halogens is 2. The third kappa shape index (κ3) is 4.22. The molecule has 0 unspecified atom stereocenters. The summed E-state index contributed by atoms with van der Waals surface area (Å²) in [4.78, 5) is 0. The molecule has 4 nitrogen and oxygen atoms in total. The molecule has 0 saturated heterocycles. The van der Waals surface area contributed by atoms with Crippen molar-refractivity contribution >= 4 is 5.69 Å². The van der Waals surface area contributed by atoms with Crippen molar-refractivity contribution in [1.29, 1.82) is 0 Å². The quantitative estimate of drug-likeness (QED) is 0.636. The van der Waals surface area contributed by atoms with E-state index in [-0.39, 0.29) is 12.2 Å². The third-order valence-electron chi connectivity index (χ3n) is 3.67. The summed E-state index contributed by atoms with van der Waals surface area (Å²) in [5.41, 5.74) is 6.52. The first-order valence-electron chi connectivity index (χ1n) is 7.83. The number of methoxy groups -OCH3 is 1. The SMILES string of the molecule is COc1ccc(Oc2ccc(OCc3cc(F)ccc3F)cc2)c(N)c1. The molecule has 0 amide bonds. The van der Waals surface area contributed by atoms with Crippen molar-refractivity contribution in [1.82, 2.24) is 0 Å². The second-order valence-corrected chi connectivity index (χ2v) is 5.50. The molecule has 0 bridgehead atoms. The molecule has 0 spiro atoms. The number of ether oxygens (including phenoxy) is 3. The Labute approximate surface area is 149 Å². The topological polar surface area (TPSA) is 53.7 Å². The Bertz CT molecular complexity index is 898. The first-order valence-corrected chi connectivity index (χ1v) is 7.83. The predicted molar refractivity (Wildman–Crippen MR) is 94.6 cm³/mol. The largest absolute Gasteiger partial charge is 0.497 e. The zero-order valence-corrected chi connectivity index (χ0v) is 14.0. The van der Waals surface area contributed by atoms with Crippen LogP contribution in [0.1, 0.15) is 5.56 Å². The van der Waals surface area contributed by atoms with Gasteiger partial charge in [0.2, 0.25) is 0 Å². The van der Waals surface area contributed by atoms with Crippen molar-refractivity contribution in [3.05, 3.63) is 77.9 Å². The lowest BCUT2D eigenvalue weighted by Gasteiger charge is -2.11. The number of rotatable bonds is 6. The van der Waals surface area contributed by atoms with Crippen LogP contribution in [0.25, 0.3) is 0 Å². The van der Waals surface area contributed by atoms with Crippen LogP contribution < -0.4 is 19.9 Å². The Balaban J connectivity index is 1.64. The minimum Gasteiger partial charge on any atom is -0.497 e. The molecule has 0 saturated carbocycles. The van der Waals surface area contributed by atoms with Crippen LogP contribution in [0.3, 0.4) is 0 Å². The second kappa shape index (κ2) is 7.74. The number of nitrogens with two attached hydrogens (primary N) is 1. The summed E-state index contributed by atoms with van der Waals surface area (Å²) in [5.74, 6) is 1.19. The zero-order chi connectivity index (χ0) is 18.5. The van der Waals surface area contributed by atoms with E-state index in [1.165, 1.54) is 0 Å². The summed E-state index contributed by atoms with van der Waals surface area (Å²) < 4.78 is 43.0. The van der Waals surface area contributed by atoms with Crippen LogP contribution in [-0.2, 0) is 6.61 Å². The molecule has 0 aromatic heterocycles. The maximum Gasteiger partial charge on any atom is 0.150 e. The van der Waals surface area contributed by atoms with Gasteiger partial charge in [0.1, 0.15) is 35.5 Å². The molecular formula is C20H17F2NO3. The van der Waals surface area contributed by atoms with E-state index < -0.39 is 11.6 Å². The second-order valence-electron chi connectivity index (χ2n) is 5.50. The minimum atomic E-state index is -0.513. The van der Waals surface area contributed by atoms with Gasteiger partial charge in [0.15, 0.2) is 5.75 Å². The van der Waals surface area contributed by atoms with Gasteiger partial charge in [0, 0.05) is 11.6 Å². The average Bonchev–Trinajstić information content (AvgIpc) is 2.65. The Kier molecular flexibility index (Phi) is 5.22. The zero-order valence-electron chi connectivity index (χ0n) is 14.0. The summed E-state index contributed by atoms with van der Waals surface area (Å²) in [6.45, 7) is -0.0742. The lowest BCUT2D eigenvalue weighted by Crippen LogP contribution is -1.99. The number of anilines is 1. The smallest absolute Gasteiger partial charge is 0.150 e. The van der Waals surface area contributed by atoms with Crippen molar-refractivity contribution in [2.24, 2.45) is 0 Å². The maximum absolute atomic E-state index is 13.6. The summed E-state index contributed by atoms with van der Waals surface area (Å²) in [6.07, 6.45) is 0. The predicted octanol–water partition coefficient (Wildman–Crippen LogP) is 4.93. The fraction of sp³-hybridized carbons (Fsp3) is 0.100. The molecule has 3 rings (SSSR count). The van der Waals surface area contributed by atoms with Crippen LogP contribution in [0.15, 0.2) is 60.7 Å². The van der Waals surface area contributed by atoms with E-state index in [0.717, 1.165) is 18.2 Å². The molecule has 3 aromatic carbocycles. The molecule has 0 aliphatic carbocycles. The lowest BCUT2D eigenvalue weighted by molar-refractivity contribution is 0.298. The van der Waals surface area contributed by atoms with E-state index in [1.807, 2.05) is 0 Å². The van der Waals surface area contributed by atoms with Gasteiger partial charge in [-0.15, -0.1) is 0 Å². The number of hydrogen-bond donors (Lipinski definition) is 1. The standard InChI is InChI=1S/C20H17F2NO3/c1-24-17-7-9-20(19(23)11-17)26-16-5-3-15(4-6-16)25-12-13-10-14(21)2-8-18(13)22/h2-11H,12,23H2,1H3. The van der Waals surface area contributed by atoms with Crippen molar-refractivity contribution in [3.8, 4) is 23.0 Å². The summed E-state index contributed by atoms with van der Waals surface area (Å²) >= 11 is 0. The minimum absolute atomic E-state index is 0.0742. The molecule has 6 heteroatoms. The van der Waals surface area contributed by atoms with Crippen molar-refractivity contribution in [2.45, 2.75) is 6.61 Å². The Morgan fingerprint density at radius 2 is 1.54 bits per heavy atom. The molecule has 3 aromatic rings. The molecule has 0 fully saturated rings. The molecule has 134 valence electrons. The first kappa shape index (κ1) is 17.5. The Hall–Kier alpha value is -3.28. The van der Waals surface area contributed by atoms with Crippen LogP contribution in [0.4, 0.5) is 14.5 Å². The Morgan fingerprint density at radius 3 is 2.23 bits per heavy atom. The van der Waals surface area contributed by atoms with Gasteiger partial charge >= 0.3 is 0 Å². The van der Waals surface area contributed by atoms with Gasteiger partial charge in [-0.05, 0) is 54.6 Å². The van der Waals surface area contributed by atoms with Crippen LogP contribution >= 0.6 is 0 Å². The van der Waals surface area contributed by atoms with E-state index in [4.69, 9.17) is 19.9 Å². The maximum atomic E-state index is 13.6. The van der Waals surface area contributed by atoms with Crippen molar-refractivity contribution in [3.63, 3.8) is 0 Å². The van der Waals surface area contributed by atoms with E-state index in [1.54, 1.807) is 49.6 Å². The van der Waals surface area contributed by atoms with Gasteiger partial charge in [0.05, 0.1) is 12.8 Å². The van der Waals surface area contributed by atoms with E-state index in [0.29, 0.717) is 28.7 Å². The van der Waals surface area contributed by atoms with Gasteiger partial charge in [0.25, 0.3) is 0 Å². The van der Waals surface area contributed by atoms with Gasteiger partial charge < -0.3 is 19.9 Å². The van der Waals surface area contributed by atoms with E-state index in [9.17, 15) is 8.78 Å². The first-order chi connectivity index (χ1) is 12.5. The van der Waals surface area contributed by atoms with Crippen LogP contribution in [0, 0.1) is 11.6 Å². The molecule has 0 heterocycles. The number of nitrogen functional groups attached to an aromatic ring is 1. The molecule has 26 heavy (non-hydrogen) atoms. The monoisotopic (exact) mass is 357 g/mol. The highest BCUT2D eigenvalue weighted by Gasteiger charge is 2.07. The summed E-state index contributed by atoms with van der Waals surface area (Å²) in [5, 5.41) is 0. The number of hydrogen-bond acceptors (Lipinski definition) is 4. The fourth-order valence-electron chi connectivity index (χ4n) is 2.29. The fourth-order valence-corrected chi connectivity index (χ4v) is 2.29. The molecule has 0 radical (unpaired) electrons. The van der Waals surface area contributed by atoms with E-state index >= 15 is 0 Å². The molecule has 0 aliphatic rings. The van der Waals surface area contributed by atoms with Crippen LogP contribution in [0.5, 0.6) is 23.0 Å². The van der Waals surface area contributed by atoms with Crippen molar-refractivity contribution < 1.29 is 23.0 Å². The van der Waals surface area contributed by atoms with Crippen LogP contribution in [-0.4, -0.2) is 7.11 Å². The van der Waals surface area contributed by atoms with Gasteiger partial charge in [-0.1, -0.05) is 0 Å². The average molecular weight is 357 g/mol. The summed E-state index contributed by atoms with van der Waals surface area (Å²) in [6, 6.07) is 15.1. The highest BCUT2D eigenvalue weighted by molar-refractivity contribution is 5.57.